The Morgan fingerprint density at radius 3 is 2.52 bits per heavy atom. The number of nitrogen functional groups attached to an aromatic ring is 1. The first-order valence-electron chi connectivity index (χ1n) is 6.20. The van der Waals surface area contributed by atoms with Crippen LogP contribution < -0.4 is 16.6 Å². The van der Waals surface area contributed by atoms with Crippen molar-refractivity contribution in [3.8, 4) is 0 Å². The van der Waals surface area contributed by atoms with Crippen LogP contribution in [0.2, 0.25) is 0 Å². The van der Waals surface area contributed by atoms with Crippen molar-refractivity contribution in [2.24, 2.45) is 5.84 Å². The van der Waals surface area contributed by atoms with Crippen molar-refractivity contribution in [1.29, 1.82) is 0 Å². The molecule has 0 radical (unpaired) electrons. The summed E-state index contributed by atoms with van der Waals surface area (Å²) < 4.78 is 26.8. The molecule has 5 nitrogen and oxygen atoms in total. The maximum Gasteiger partial charge on any atom is 0.254 e. The van der Waals surface area contributed by atoms with E-state index in [9.17, 15) is 13.6 Å². The van der Waals surface area contributed by atoms with Crippen LogP contribution in [0.15, 0.2) is 36.5 Å². The summed E-state index contributed by atoms with van der Waals surface area (Å²) in [6.07, 6.45) is 1.27. The van der Waals surface area contributed by atoms with Crippen LogP contribution in [-0.2, 0) is 0 Å². The first kappa shape index (κ1) is 14.9. The zero-order chi connectivity index (χ0) is 15.4. The first-order chi connectivity index (χ1) is 10.0. The number of nitrogens with one attached hydrogen (secondary N) is 2. The molecule has 2 aromatic rings. The molecular formula is C14H14F2N4O. The zero-order valence-electron chi connectivity index (χ0n) is 11.2. The van der Waals surface area contributed by atoms with Crippen LogP contribution in [0.3, 0.4) is 0 Å². The number of carbonyl (C=O) groups is 1. The number of carbonyl (C=O) groups excluding carboxylic acids is 1. The Kier molecular flexibility index (Phi) is 4.44. The number of aromatic nitrogens is 1. The quantitative estimate of drug-likeness (QED) is 0.596. The van der Waals surface area contributed by atoms with Crippen LogP contribution >= 0.6 is 0 Å². The third-order valence-electron chi connectivity index (χ3n) is 2.99. The van der Waals surface area contributed by atoms with E-state index in [4.69, 9.17) is 5.84 Å². The van der Waals surface area contributed by atoms with Crippen molar-refractivity contribution in [3.05, 3.63) is 59.3 Å². The van der Waals surface area contributed by atoms with Gasteiger partial charge in [-0.05, 0) is 30.7 Å². The van der Waals surface area contributed by atoms with Crippen molar-refractivity contribution in [3.63, 3.8) is 0 Å². The average molecular weight is 292 g/mol. The van der Waals surface area contributed by atoms with Crippen molar-refractivity contribution >= 4 is 11.7 Å². The van der Waals surface area contributed by atoms with Crippen LogP contribution in [0.4, 0.5) is 14.6 Å². The fourth-order valence-electron chi connectivity index (χ4n) is 1.83. The summed E-state index contributed by atoms with van der Waals surface area (Å²) in [5.74, 6) is 3.09. The lowest BCUT2D eigenvalue weighted by atomic mass is 10.1. The molecule has 1 aromatic heterocycles. The Labute approximate surface area is 120 Å². The summed E-state index contributed by atoms with van der Waals surface area (Å²) in [5, 5.41) is 2.63. The SMILES string of the molecule is CC(NC(=O)c1ccnc(NN)c1F)c1ccc(F)cc1. The summed E-state index contributed by atoms with van der Waals surface area (Å²) in [4.78, 5) is 15.7. The molecular weight excluding hydrogens is 278 g/mol. The van der Waals surface area contributed by atoms with Crippen LogP contribution in [0.25, 0.3) is 0 Å². The third kappa shape index (κ3) is 3.32. The molecule has 0 spiro atoms. The number of benzene rings is 1. The van der Waals surface area contributed by atoms with Crippen molar-refractivity contribution in [1.82, 2.24) is 10.3 Å². The molecule has 0 fully saturated rings. The lowest BCUT2D eigenvalue weighted by Gasteiger charge is -2.15. The molecule has 0 saturated carbocycles. The minimum absolute atomic E-state index is 0.174. The van der Waals surface area contributed by atoms with Gasteiger partial charge in [0.05, 0.1) is 11.6 Å². The number of rotatable bonds is 4. The maximum atomic E-state index is 13.9. The Morgan fingerprint density at radius 2 is 1.90 bits per heavy atom. The number of hydrazine groups is 1. The standard InChI is InChI=1S/C14H14F2N4O/c1-8(9-2-4-10(15)5-3-9)19-14(21)11-6-7-18-13(20-17)12(11)16/h2-8H,17H2,1H3,(H,18,20)(H,19,21). The molecule has 1 amide bonds. The Hall–Kier alpha value is -2.54. The normalized spacial score (nSPS) is 11.8. The minimum Gasteiger partial charge on any atom is -0.345 e. The highest BCUT2D eigenvalue weighted by Crippen LogP contribution is 2.17. The molecule has 0 aliphatic rings. The number of nitrogens with two attached hydrogens (primary N) is 1. The molecule has 2 rings (SSSR count). The van der Waals surface area contributed by atoms with E-state index in [2.05, 4.69) is 15.7 Å². The van der Waals surface area contributed by atoms with Gasteiger partial charge in [0.2, 0.25) is 0 Å². The second-order valence-electron chi connectivity index (χ2n) is 4.41. The van der Waals surface area contributed by atoms with E-state index >= 15 is 0 Å². The van der Waals surface area contributed by atoms with E-state index in [-0.39, 0.29) is 17.2 Å². The van der Waals surface area contributed by atoms with Gasteiger partial charge in [0, 0.05) is 6.20 Å². The van der Waals surface area contributed by atoms with Gasteiger partial charge in [0.15, 0.2) is 11.6 Å². The summed E-state index contributed by atoms with van der Waals surface area (Å²) in [6.45, 7) is 1.71. The summed E-state index contributed by atoms with van der Waals surface area (Å²) in [7, 11) is 0. The van der Waals surface area contributed by atoms with Crippen molar-refractivity contribution in [2.45, 2.75) is 13.0 Å². The number of pyridine rings is 1. The van der Waals surface area contributed by atoms with Crippen LogP contribution in [0.1, 0.15) is 28.9 Å². The van der Waals surface area contributed by atoms with E-state index in [0.717, 1.165) is 0 Å². The molecule has 21 heavy (non-hydrogen) atoms. The molecule has 1 atom stereocenters. The molecule has 4 N–H and O–H groups in total. The number of amides is 1. The van der Waals surface area contributed by atoms with E-state index in [1.54, 1.807) is 19.1 Å². The first-order valence-corrected chi connectivity index (χ1v) is 6.20. The second-order valence-corrected chi connectivity index (χ2v) is 4.41. The molecule has 0 aliphatic carbocycles. The number of hydrogen-bond acceptors (Lipinski definition) is 4. The molecule has 1 unspecified atom stereocenters. The van der Waals surface area contributed by atoms with Gasteiger partial charge < -0.3 is 10.7 Å². The van der Waals surface area contributed by atoms with Gasteiger partial charge in [0.1, 0.15) is 5.82 Å². The molecule has 0 aliphatic heterocycles. The monoisotopic (exact) mass is 292 g/mol. The van der Waals surface area contributed by atoms with E-state index < -0.39 is 17.8 Å². The van der Waals surface area contributed by atoms with Crippen molar-refractivity contribution < 1.29 is 13.6 Å². The van der Waals surface area contributed by atoms with Gasteiger partial charge in [0.25, 0.3) is 5.91 Å². The molecule has 0 saturated heterocycles. The highest BCUT2D eigenvalue weighted by molar-refractivity contribution is 5.95. The predicted molar refractivity (Wildman–Crippen MR) is 74.3 cm³/mol. The highest BCUT2D eigenvalue weighted by atomic mass is 19.1. The van der Waals surface area contributed by atoms with E-state index in [1.165, 1.54) is 24.4 Å². The molecule has 7 heteroatoms. The van der Waals surface area contributed by atoms with Gasteiger partial charge in [-0.25, -0.2) is 19.6 Å². The number of nitrogens with zero attached hydrogens (tertiary/aromatic N) is 1. The Balaban J connectivity index is 2.16. The second kappa shape index (κ2) is 6.27. The molecule has 0 bridgehead atoms. The van der Waals surface area contributed by atoms with Gasteiger partial charge in [-0.15, -0.1) is 0 Å². The van der Waals surface area contributed by atoms with Crippen LogP contribution in [0, 0.1) is 11.6 Å². The number of hydrogen-bond donors (Lipinski definition) is 3. The average Bonchev–Trinajstić information content (AvgIpc) is 2.48. The number of halogens is 2. The topological polar surface area (TPSA) is 80.0 Å². The lowest BCUT2D eigenvalue weighted by molar-refractivity contribution is 0.0936. The van der Waals surface area contributed by atoms with Crippen LogP contribution in [0.5, 0.6) is 0 Å². The minimum atomic E-state index is -0.830. The summed E-state index contributed by atoms with van der Waals surface area (Å²) >= 11 is 0. The largest absolute Gasteiger partial charge is 0.345 e. The van der Waals surface area contributed by atoms with Gasteiger partial charge in [-0.2, -0.15) is 0 Å². The van der Waals surface area contributed by atoms with E-state index in [0.29, 0.717) is 5.56 Å². The van der Waals surface area contributed by atoms with Gasteiger partial charge in [-0.1, -0.05) is 12.1 Å². The van der Waals surface area contributed by atoms with Crippen molar-refractivity contribution in [2.75, 3.05) is 5.43 Å². The molecule has 110 valence electrons. The summed E-state index contributed by atoms with van der Waals surface area (Å²) in [5.41, 5.74) is 2.60. The summed E-state index contributed by atoms with van der Waals surface area (Å²) in [6, 6.07) is 6.54. The van der Waals surface area contributed by atoms with E-state index in [1.807, 2.05) is 0 Å². The molecule has 1 aromatic carbocycles. The lowest BCUT2D eigenvalue weighted by Crippen LogP contribution is -2.28. The maximum absolute atomic E-state index is 13.9. The third-order valence-corrected chi connectivity index (χ3v) is 2.99. The van der Waals surface area contributed by atoms with Gasteiger partial charge >= 0.3 is 0 Å². The zero-order valence-corrected chi connectivity index (χ0v) is 11.2. The molecule has 1 heterocycles. The fourth-order valence-corrected chi connectivity index (χ4v) is 1.83. The number of anilines is 1. The Morgan fingerprint density at radius 1 is 1.24 bits per heavy atom. The Bertz CT molecular complexity index is 646. The predicted octanol–water partition coefficient (Wildman–Crippen LogP) is 2.14. The van der Waals surface area contributed by atoms with Crippen LogP contribution in [-0.4, -0.2) is 10.9 Å². The highest BCUT2D eigenvalue weighted by Gasteiger charge is 2.18. The van der Waals surface area contributed by atoms with Gasteiger partial charge in [-0.3, -0.25) is 4.79 Å². The smallest absolute Gasteiger partial charge is 0.254 e. The fraction of sp³-hybridized carbons (Fsp3) is 0.143.